The molecular weight excluding hydrogens is 268 g/mol. The Labute approximate surface area is 125 Å². The Morgan fingerprint density at radius 2 is 1.76 bits per heavy atom. The minimum atomic E-state index is -0.727. The van der Waals surface area contributed by atoms with Crippen molar-refractivity contribution >= 4 is 12.0 Å². The van der Waals surface area contributed by atoms with Crippen molar-refractivity contribution in [2.24, 2.45) is 29.6 Å². The molecule has 5 heteroatoms. The number of carbonyl (C=O) groups excluding carboxylic acids is 1. The Hall–Kier alpha value is -1.26. The smallest absolute Gasteiger partial charge is 0.317 e. The quantitative estimate of drug-likeness (QED) is 0.817. The van der Waals surface area contributed by atoms with Gasteiger partial charge in [0.2, 0.25) is 0 Å². The standard InChI is InChI=1S/C16H24N2O3/c1-8-6-11(15(19)20)4-5-18(8)16(21)17-14-12-9-2-3-10(7-9)13(12)14/h8-14H,2-7H2,1H3,(H,17,21)(H,19,20). The maximum absolute atomic E-state index is 12.5. The second-order valence-electron chi connectivity index (χ2n) is 7.57. The van der Waals surface area contributed by atoms with Crippen LogP contribution in [0.5, 0.6) is 0 Å². The van der Waals surface area contributed by atoms with Crippen LogP contribution in [0, 0.1) is 29.6 Å². The topological polar surface area (TPSA) is 69.6 Å². The van der Waals surface area contributed by atoms with E-state index >= 15 is 0 Å². The van der Waals surface area contributed by atoms with Gasteiger partial charge in [0.15, 0.2) is 0 Å². The minimum absolute atomic E-state index is 0.0233. The molecule has 3 saturated carbocycles. The number of carboxylic acids is 1. The van der Waals surface area contributed by atoms with Gasteiger partial charge in [0.05, 0.1) is 5.92 Å². The number of nitrogens with one attached hydrogen (secondary N) is 1. The van der Waals surface area contributed by atoms with Gasteiger partial charge in [0.1, 0.15) is 0 Å². The first kappa shape index (κ1) is 13.4. The number of likely N-dealkylation sites (tertiary alicyclic amines) is 1. The molecule has 1 aliphatic heterocycles. The zero-order valence-electron chi connectivity index (χ0n) is 12.5. The second-order valence-corrected chi connectivity index (χ2v) is 7.57. The van der Waals surface area contributed by atoms with E-state index in [1.807, 2.05) is 11.8 Å². The first-order chi connectivity index (χ1) is 10.1. The third kappa shape index (κ3) is 2.04. The maximum atomic E-state index is 12.5. The van der Waals surface area contributed by atoms with E-state index < -0.39 is 5.97 Å². The van der Waals surface area contributed by atoms with Gasteiger partial charge >= 0.3 is 12.0 Å². The molecule has 6 unspecified atom stereocenters. The van der Waals surface area contributed by atoms with Gasteiger partial charge in [-0.15, -0.1) is 0 Å². The highest BCUT2D eigenvalue weighted by Crippen LogP contribution is 2.65. The van der Waals surface area contributed by atoms with Crippen LogP contribution in [-0.4, -0.2) is 40.6 Å². The number of nitrogens with zero attached hydrogens (tertiary/aromatic N) is 1. The van der Waals surface area contributed by atoms with Gasteiger partial charge in [-0.2, -0.15) is 0 Å². The molecule has 0 aromatic carbocycles. The highest BCUT2D eigenvalue weighted by atomic mass is 16.4. The van der Waals surface area contributed by atoms with E-state index in [0.29, 0.717) is 25.4 Å². The summed E-state index contributed by atoms with van der Waals surface area (Å²) in [5.74, 6) is 2.20. The van der Waals surface area contributed by atoms with E-state index in [4.69, 9.17) is 5.11 Å². The number of hydrogen-bond acceptors (Lipinski definition) is 2. The molecule has 3 aliphatic carbocycles. The van der Waals surface area contributed by atoms with Gasteiger partial charge < -0.3 is 15.3 Å². The summed E-state index contributed by atoms with van der Waals surface area (Å²) in [4.78, 5) is 25.4. The summed E-state index contributed by atoms with van der Waals surface area (Å²) in [7, 11) is 0. The van der Waals surface area contributed by atoms with Crippen LogP contribution < -0.4 is 5.32 Å². The number of carbonyl (C=O) groups is 2. The fourth-order valence-electron chi connectivity index (χ4n) is 5.44. The molecule has 2 N–H and O–H groups in total. The Morgan fingerprint density at radius 1 is 1.10 bits per heavy atom. The highest BCUT2D eigenvalue weighted by molar-refractivity contribution is 5.76. The SMILES string of the molecule is CC1CC(C(=O)O)CCN1C(=O)NC1C2C3CCC(C3)C12. The Kier molecular flexibility index (Phi) is 2.95. The Morgan fingerprint density at radius 3 is 2.33 bits per heavy atom. The van der Waals surface area contributed by atoms with Gasteiger partial charge in [0, 0.05) is 18.6 Å². The molecule has 0 spiro atoms. The van der Waals surface area contributed by atoms with Crippen LogP contribution in [0.2, 0.25) is 0 Å². The summed E-state index contributed by atoms with van der Waals surface area (Å²) < 4.78 is 0. The largest absolute Gasteiger partial charge is 0.481 e. The monoisotopic (exact) mass is 292 g/mol. The van der Waals surface area contributed by atoms with Crippen LogP contribution in [0.15, 0.2) is 0 Å². The van der Waals surface area contributed by atoms with Crippen molar-refractivity contribution in [3.8, 4) is 0 Å². The van der Waals surface area contributed by atoms with E-state index in [1.165, 1.54) is 19.3 Å². The molecule has 4 fully saturated rings. The number of aliphatic carboxylic acids is 1. The zero-order valence-corrected chi connectivity index (χ0v) is 12.5. The van der Waals surface area contributed by atoms with Crippen molar-refractivity contribution in [1.82, 2.24) is 10.2 Å². The van der Waals surface area contributed by atoms with Crippen molar-refractivity contribution in [2.45, 2.75) is 51.1 Å². The first-order valence-corrected chi connectivity index (χ1v) is 8.36. The lowest BCUT2D eigenvalue weighted by molar-refractivity contribution is -0.143. The highest BCUT2D eigenvalue weighted by Gasteiger charge is 2.65. The van der Waals surface area contributed by atoms with Crippen LogP contribution in [-0.2, 0) is 4.79 Å². The Bertz CT molecular complexity index is 464. The predicted octanol–water partition coefficient (Wildman–Crippen LogP) is 1.93. The molecule has 6 atom stereocenters. The fraction of sp³-hybridized carbons (Fsp3) is 0.875. The van der Waals surface area contributed by atoms with Crippen LogP contribution >= 0.6 is 0 Å². The third-order valence-corrected chi connectivity index (χ3v) is 6.51. The van der Waals surface area contributed by atoms with E-state index in [2.05, 4.69) is 5.32 Å². The molecule has 116 valence electrons. The van der Waals surface area contributed by atoms with Gasteiger partial charge in [-0.25, -0.2) is 4.79 Å². The maximum Gasteiger partial charge on any atom is 0.317 e. The van der Waals surface area contributed by atoms with Gasteiger partial charge in [0.25, 0.3) is 0 Å². The van der Waals surface area contributed by atoms with Crippen LogP contribution in [0.3, 0.4) is 0 Å². The first-order valence-electron chi connectivity index (χ1n) is 8.36. The molecule has 0 aromatic rings. The number of fused-ring (bicyclic) bond motifs is 5. The summed E-state index contributed by atoms with van der Waals surface area (Å²) in [5.41, 5.74) is 0. The van der Waals surface area contributed by atoms with Crippen LogP contribution in [0.25, 0.3) is 0 Å². The lowest BCUT2D eigenvalue weighted by atomic mass is 9.92. The average Bonchev–Trinajstić information content (AvgIpc) is 2.83. The van der Waals surface area contributed by atoms with Crippen molar-refractivity contribution < 1.29 is 14.7 Å². The predicted molar refractivity (Wildman–Crippen MR) is 76.7 cm³/mol. The molecule has 4 aliphatic rings. The molecule has 2 amide bonds. The molecule has 1 heterocycles. The molecule has 0 radical (unpaired) electrons. The number of piperidine rings is 1. The normalized spacial score (nSPS) is 47.1. The molecule has 21 heavy (non-hydrogen) atoms. The lowest BCUT2D eigenvalue weighted by Gasteiger charge is -2.36. The summed E-state index contributed by atoms with van der Waals surface area (Å²) >= 11 is 0. The summed E-state index contributed by atoms with van der Waals surface area (Å²) in [6, 6.07) is 0.466. The van der Waals surface area contributed by atoms with Gasteiger partial charge in [-0.1, -0.05) is 0 Å². The van der Waals surface area contributed by atoms with Crippen molar-refractivity contribution in [3.05, 3.63) is 0 Å². The number of amides is 2. The molecular formula is C16H24N2O3. The van der Waals surface area contributed by atoms with E-state index in [1.54, 1.807) is 0 Å². The van der Waals surface area contributed by atoms with Crippen molar-refractivity contribution in [1.29, 1.82) is 0 Å². The van der Waals surface area contributed by atoms with Gasteiger partial charge in [-0.05, 0) is 62.7 Å². The molecule has 0 aromatic heterocycles. The van der Waals surface area contributed by atoms with Crippen LogP contribution in [0.1, 0.15) is 39.0 Å². The fourth-order valence-corrected chi connectivity index (χ4v) is 5.44. The molecule has 4 rings (SSSR count). The second kappa shape index (κ2) is 4.62. The van der Waals surface area contributed by atoms with Gasteiger partial charge in [-0.3, -0.25) is 4.79 Å². The summed E-state index contributed by atoms with van der Waals surface area (Å²) in [6.07, 6.45) is 5.26. The minimum Gasteiger partial charge on any atom is -0.481 e. The number of hydrogen-bond donors (Lipinski definition) is 2. The number of rotatable bonds is 2. The molecule has 2 bridgehead atoms. The van der Waals surface area contributed by atoms with E-state index in [-0.39, 0.29) is 18.0 Å². The van der Waals surface area contributed by atoms with Crippen molar-refractivity contribution in [2.75, 3.05) is 6.54 Å². The Balaban J connectivity index is 1.33. The summed E-state index contributed by atoms with van der Waals surface area (Å²) in [5, 5.41) is 12.3. The third-order valence-electron chi connectivity index (χ3n) is 6.51. The van der Waals surface area contributed by atoms with E-state index in [9.17, 15) is 9.59 Å². The average molecular weight is 292 g/mol. The molecule has 5 nitrogen and oxygen atoms in total. The van der Waals surface area contributed by atoms with Crippen molar-refractivity contribution in [3.63, 3.8) is 0 Å². The van der Waals surface area contributed by atoms with Crippen LogP contribution in [0.4, 0.5) is 4.79 Å². The number of urea groups is 1. The number of carboxylic acid groups (broad SMARTS) is 1. The zero-order chi connectivity index (χ0) is 14.7. The van der Waals surface area contributed by atoms with E-state index in [0.717, 1.165) is 23.7 Å². The molecule has 1 saturated heterocycles. The lowest BCUT2D eigenvalue weighted by Crippen LogP contribution is -2.51. The summed E-state index contributed by atoms with van der Waals surface area (Å²) in [6.45, 7) is 2.53.